The van der Waals surface area contributed by atoms with Gasteiger partial charge in [0.2, 0.25) is 0 Å². The number of nitrogens with two attached hydrogens (primary N) is 2. The van der Waals surface area contributed by atoms with Crippen molar-refractivity contribution in [3.05, 3.63) is 0 Å². The van der Waals surface area contributed by atoms with Crippen LogP contribution in [0.25, 0.3) is 0 Å². The molecule has 0 amide bonds. The molecule has 40 valence electrons. The van der Waals surface area contributed by atoms with Gasteiger partial charge >= 0.3 is 0 Å². The van der Waals surface area contributed by atoms with Crippen LogP contribution >= 0.6 is 0 Å². The van der Waals surface area contributed by atoms with Gasteiger partial charge in [-0.15, -0.1) is 0 Å². The third-order valence-corrected chi connectivity index (χ3v) is 0.167. The maximum absolute atomic E-state index is 4.90. The molecule has 0 fully saturated rings. The molecule has 0 rings (SSSR count). The Morgan fingerprint density at radius 2 is 1.17 bits per heavy atom. The Labute approximate surface area is 39.5 Å². The van der Waals surface area contributed by atoms with E-state index in [1.807, 2.05) is 13.8 Å². The van der Waals surface area contributed by atoms with Gasteiger partial charge in [0.15, 0.2) is 0 Å². The molecule has 0 heterocycles. The highest BCUT2D eigenvalue weighted by molar-refractivity contribution is 4.26. The summed E-state index contributed by atoms with van der Waals surface area (Å²) in [5.74, 6) is 0. The van der Waals surface area contributed by atoms with E-state index in [1.54, 1.807) is 0 Å². The lowest BCUT2D eigenvalue weighted by molar-refractivity contribution is 0.976. The molecule has 0 saturated carbocycles. The summed E-state index contributed by atoms with van der Waals surface area (Å²) in [6.07, 6.45) is 0. The second kappa shape index (κ2) is 20.5. The molecule has 0 bridgehead atoms. The Kier molecular flexibility index (Phi) is 31.9. The van der Waals surface area contributed by atoms with Gasteiger partial charge < -0.3 is 11.5 Å². The zero-order valence-electron chi connectivity index (χ0n) is 4.57. The third-order valence-electron chi connectivity index (χ3n) is 0.167. The lowest BCUT2D eigenvalue weighted by atomic mass is 10.7. The summed E-state index contributed by atoms with van der Waals surface area (Å²) in [4.78, 5) is 0. The summed E-state index contributed by atoms with van der Waals surface area (Å²) in [5, 5.41) is 0. The molecule has 0 aromatic rings. The largest absolute Gasteiger partial charge is 0.329 e. The molecule has 0 aromatic heterocycles. The highest BCUT2D eigenvalue weighted by Gasteiger charge is 1.54. The normalized spacial score (nSPS) is 6.00. The van der Waals surface area contributed by atoms with Gasteiger partial charge in [-0.1, -0.05) is 13.8 Å². The van der Waals surface area contributed by atoms with Crippen molar-refractivity contribution < 1.29 is 0 Å². The van der Waals surface area contributed by atoms with E-state index in [9.17, 15) is 0 Å². The van der Waals surface area contributed by atoms with Crippen LogP contribution in [0, 0.1) is 0 Å². The van der Waals surface area contributed by atoms with Crippen LogP contribution in [-0.2, 0) is 0 Å². The van der Waals surface area contributed by atoms with Gasteiger partial charge in [0.1, 0.15) is 0 Å². The zero-order valence-corrected chi connectivity index (χ0v) is 4.57. The predicted octanol–water partition coefficient (Wildman–Crippen LogP) is -0.0700. The quantitative estimate of drug-likeness (QED) is 0.473. The average Bonchev–Trinajstić information content (AvgIpc) is 1.72. The average molecular weight is 90.2 g/mol. The van der Waals surface area contributed by atoms with Gasteiger partial charge in [0.25, 0.3) is 0 Å². The van der Waals surface area contributed by atoms with E-state index in [1.165, 1.54) is 0 Å². The van der Waals surface area contributed by atoms with E-state index in [-0.39, 0.29) is 0 Å². The van der Waals surface area contributed by atoms with Gasteiger partial charge in [-0.25, -0.2) is 0 Å². The van der Waals surface area contributed by atoms with Crippen LogP contribution < -0.4 is 11.5 Å². The smallest absolute Gasteiger partial charge is 0.00461 e. The first kappa shape index (κ1) is 9.33. The summed E-state index contributed by atoms with van der Waals surface area (Å²) in [6.45, 7) is 5.19. The van der Waals surface area contributed by atoms with Crippen molar-refractivity contribution in [2.75, 3.05) is 13.1 Å². The zero-order chi connectivity index (χ0) is 5.41. The van der Waals surface area contributed by atoms with Crippen molar-refractivity contribution in [1.82, 2.24) is 0 Å². The Bertz CT molecular complexity index is 7.51. The van der Waals surface area contributed by atoms with Crippen molar-refractivity contribution in [3.63, 3.8) is 0 Å². The molecule has 6 heavy (non-hydrogen) atoms. The van der Waals surface area contributed by atoms with Crippen LogP contribution in [0.4, 0.5) is 0 Å². The first-order chi connectivity index (χ1) is 2.91. The van der Waals surface area contributed by atoms with E-state index in [0.29, 0.717) is 13.1 Å². The second-order valence-corrected chi connectivity index (χ2v) is 0.577. The van der Waals surface area contributed by atoms with E-state index in [2.05, 4.69) is 0 Å². The Morgan fingerprint density at radius 1 is 1.00 bits per heavy atom. The van der Waals surface area contributed by atoms with Crippen molar-refractivity contribution in [1.29, 1.82) is 0 Å². The number of rotatable bonds is 1. The number of hydrogen-bond donors (Lipinski definition) is 2. The van der Waals surface area contributed by atoms with E-state index < -0.39 is 0 Å². The lowest BCUT2D eigenvalue weighted by Gasteiger charge is -1.72. The van der Waals surface area contributed by atoms with Gasteiger partial charge in [-0.05, 0) is 0 Å². The molecule has 2 nitrogen and oxygen atoms in total. The first-order valence-electron chi connectivity index (χ1n) is 2.32. The summed E-state index contributed by atoms with van der Waals surface area (Å²) in [5.41, 5.74) is 9.81. The molecule has 0 aliphatic heterocycles. The molecule has 0 spiro atoms. The van der Waals surface area contributed by atoms with E-state index in [4.69, 9.17) is 11.5 Å². The van der Waals surface area contributed by atoms with Crippen LogP contribution in [-0.4, -0.2) is 13.1 Å². The Hall–Kier alpha value is -0.0800. The van der Waals surface area contributed by atoms with Crippen molar-refractivity contribution in [2.24, 2.45) is 11.5 Å². The SMILES string of the molecule is CC.NCCN. The monoisotopic (exact) mass is 90.1 g/mol. The summed E-state index contributed by atoms with van der Waals surface area (Å²) >= 11 is 0. The van der Waals surface area contributed by atoms with Crippen LogP contribution in [0.15, 0.2) is 0 Å². The van der Waals surface area contributed by atoms with Crippen molar-refractivity contribution >= 4 is 0 Å². The molecular formula is C4H14N2. The van der Waals surface area contributed by atoms with Crippen LogP contribution in [0.5, 0.6) is 0 Å². The third kappa shape index (κ3) is 39.5. The lowest BCUT2D eigenvalue weighted by Crippen LogP contribution is -2.11. The minimum Gasteiger partial charge on any atom is -0.329 e. The molecule has 0 aliphatic carbocycles. The maximum atomic E-state index is 4.90. The van der Waals surface area contributed by atoms with E-state index >= 15 is 0 Å². The minimum absolute atomic E-state index is 0.597. The molecule has 0 saturated heterocycles. The fraction of sp³-hybridized carbons (Fsp3) is 1.00. The predicted molar refractivity (Wildman–Crippen MR) is 29.5 cm³/mol. The van der Waals surface area contributed by atoms with Gasteiger partial charge in [-0.3, -0.25) is 0 Å². The molecule has 4 N–H and O–H groups in total. The molecule has 0 radical (unpaired) electrons. The first-order valence-corrected chi connectivity index (χ1v) is 2.32. The highest BCUT2D eigenvalue weighted by atomic mass is 14.6. The van der Waals surface area contributed by atoms with Crippen LogP contribution in [0.1, 0.15) is 13.8 Å². The molecule has 0 aliphatic rings. The molecule has 2 heteroatoms. The van der Waals surface area contributed by atoms with Crippen molar-refractivity contribution in [3.8, 4) is 0 Å². The van der Waals surface area contributed by atoms with Crippen LogP contribution in [0.3, 0.4) is 0 Å². The Morgan fingerprint density at radius 3 is 1.17 bits per heavy atom. The summed E-state index contributed by atoms with van der Waals surface area (Å²) < 4.78 is 0. The number of hydrogen-bond acceptors (Lipinski definition) is 2. The molecule has 0 atom stereocenters. The second-order valence-electron chi connectivity index (χ2n) is 0.577. The maximum Gasteiger partial charge on any atom is 0.00461 e. The topological polar surface area (TPSA) is 52.0 Å². The summed E-state index contributed by atoms with van der Waals surface area (Å²) in [7, 11) is 0. The molecular weight excluding hydrogens is 76.1 g/mol. The summed E-state index contributed by atoms with van der Waals surface area (Å²) in [6, 6.07) is 0. The van der Waals surface area contributed by atoms with Gasteiger partial charge in [0, 0.05) is 13.1 Å². The van der Waals surface area contributed by atoms with Crippen LogP contribution in [0.2, 0.25) is 0 Å². The highest BCUT2D eigenvalue weighted by Crippen LogP contribution is 1.24. The Balaban J connectivity index is 0. The standard InChI is InChI=1S/C2H8N2.C2H6/c3-1-2-4;1-2/h1-4H2;1-2H3. The molecule has 0 unspecified atom stereocenters. The van der Waals surface area contributed by atoms with E-state index in [0.717, 1.165) is 0 Å². The van der Waals surface area contributed by atoms with Crippen molar-refractivity contribution in [2.45, 2.75) is 13.8 Å². The van der Waals surface area contributed by atoms with Gasteiger partial charge in [0.05, 0.1) is 0 Å². The molecule has 0 aromatic carbocycles. The minimum atomic E-state index is 0.597. The van der Waals surface area contributed by atoms with Gasteiger partial charge in [-0.2, -0.15) is 0 Å². The fourth-order valence-electron chi connectivity index (χ4n) is 0. The fourth-order valence-corrected chi connectivity index (χ4v) is 0.